The van der Waals surface area contributed by atoms with Gasteiger partial charge in [0, 0.05) is 26.4 Å². The number of hydrogen-bond acceptors (Lipinski definition) is 4. The molecule has 0 atom stereocenters. The summed E-state index contributed by atoms with van der Waals surface area (Å²) >= 11 is 4.89. The van der Waals surface area contributed by atoms with Crippen LogP contribution in [0.25, 0.3) is 0 Å². The van der Waals surface area contributed by atoms with Gasteiger partial charge in [0.1, 0.15) is 0 Å². The second kappa shape index (κ2) is 5.28. The van der Waals surface area contributed by atoms with Crippen molar-refractivity contribution in [3.63, 3.8) is 0 Å². The Bertz CT molecular complexity index is 576. The zero-order valence-corrected chi connectivity index (χ0v) is 12.9. The first-order chi connectivity index (χ1) is 8.47. The molecule has 18 heavy (non-hydrogen) atoms. The second-order valence-electron chi connectivity index (χ2n) is 4.09. The molecule has 2 rings (SSSR count). The molecule has 94 valence electrons. The third-order valence-corrected chi connectivity index (χ3v) is 4.24. The highest BCUT2D eigenvalue weighted by Crippen LogP contribution is 2.32. The van der Waals surface area contributed by atoms with Crippen LogP contribution >= 0.6 is 27.7 Å². The van der Waals surface area contributed by atoms with E-state index in [0.29, 0.717) is 0 Å². The number of rotatable bonds is 2. The molecule has 0 saturated carbocycles. The number of hydrogen-bond donors (Lipinski definition) is 1. The molecule has 0 unspecified atom stereocenters. The Labute approximate surface area is 119 Å². The molecule has 0 spiro atoms. The molecule has 0 fully saturated rings. The maximum atomic E-state index is 5.97. The number of aromatic nitrogens is 2. The molecule has 0 aliphatic rings. The van der Waals surface area contributed by atoms with Crippen LogP contribution in [0.2, 0.25) is 0 Å². The lowest BCUT2D eigenvalue weighted by atomic mass is 10.2. The van der Waals surface area contributed by atoms with Gasteiger partial charge in [-0.15, -0.1) is 0 Å². The summed E-state index contributed by atoms with van der Waals surface area (Å²) in [6.45, 7) is 6.03. The molecule has 0 amide bonds. The lowest BCUT2D eigenvalue weighted by Gasteiger charge is -2.08. The van der Waals surface area contributed by atoms with Gasteiger partial charge in [0.2, 0.25) is 0 Å². The van der Waals surface area contributed by atoms with Crippen molar-refractivity contribution in [1.29, 1.82) is 0 Å². The second-order valence-corrected chi connectivity index (χ2v) is 6.01. The van der Waals surface area contributed by atoms with Crippen molar-refractivity contribution in [3.8, 4) is 0 Å². The Kier molecular flexibility index (Phi) is 3.92. The molecule has 1 aromatic heterocycles. The number of nitrogen functional groups attached to an aromatic ring is 1. The molecule has 5 heteroatoms. The summed E-state index contributed by atoms with van der Waals surface area (Å²) in [5, 5.41) is 0.740. The number of halogens is 1. The van der Waals surface area contributed by atoms with Crippen LogP contribution in [0, 0.1) is 20.8 Å². The minimum absolute atomic E-state index is 0.730. The first-order valence-electron chi connectivity index (χ1n) is 5.52. The van der Waals surface area contributed by atoms with E-state index in [1.807, 2.05) is 39.0 Å². The van der Waals surface area contributed by atoms with Crippen LogP contribution in [0.15, 0.2) is 32.7 Å². The number of benzene rings is 1. The number of nitrogens with two attached hydrogens (primary N) is 1. The fourth-order valence-corrected chi connectivity index (χ4v) is 2.75. The molecule has 0 saturated heterocycles. The molecule has 1 heterocycles. The van der Waals surface area contributed by atoms with Crippen LogP contribution in [-0.4, -0.2) is 9.97 Å². The summed E-state index contributed by atoms with van der Waals surface area (Å²) in [7, 11) is 0. The van der Waals surface area contributed by atoms with Crippen molar-refractivity contribution >= 4 is 33.4 Å². The highest BCUT2D eigenvalue weighted by Gasteiger charge is 2.08. The molecular formula is C13H14BrN3S. The first-order valence-corrected chi connectivity index (χ1v) is 7.13. The van der Waals surface area contributed by atoms with Crippen LogP contribution in [0.4, 0.5) is 5.69 Å². The number of nitrogens with zero attached hydrogens (tertiary/aromatic N) is 2. The molecule has 0 radical (unpaired) electrons. The molecule has 2 N–H and O–H groups in total. The summed E-state index contributed by atoms with van der Waals surface area (Å²) < 4.78 is 0.974. The van der Waals surface area contributed by atoms with Gasteiger partial charge in [-0.2, -0.15) is 0 Å². The van der Waals surface area contributed by atoms with E-state index in [2.05, 4.69) is 25.9 Å². The molecular weight excluding hydrogens is 310 g/mol. The summed E-state index contributed by atoms with van der Waals surface area (Å²) in [5.41, 5.74) is 9.87. The first kappa shape index (κ1) is 13.4. The summed E-state index contributed by atoms with van der Waals surface area (Å²) in [6, 6.07) is 5.82. The van der Waals surface area contributed by atoms with Gasteiger partial charge in [-0.05, 0) is 56.3 Å². The van der Waals surface area contributed by atoms with Crippen LogP contribution in [0.5, 0.6) is 0 Å². The van der Waals surface area contributed by atoms with Gasteiger partial charge in [-0.3, -0.25) is 0 Å². The zero-order chi connectivity index (χ0) is 13.3. The van der Waals surface area contributed by atoms with Crippen molar-refractivity contribution in [2.75, 3.05) is 5.73 Å². The van der Waals surface area contributed by atoms with E-state index < -0.39 is 0 Å². The Morgan fingerprint density at radius 2 is 1.72 bits per heavy atom. The smallest absolute Gasteiger partial charge is 0.192 e. The highest BCUT2D eigenvalue weighted by atomic mass is 79.9. The van der Waals surface area contributed by atoms with E-state index in [1.165, 1.54) is 11.8 Å². The van der Waals surface area contributed by atoms with Crippen LogP contribution in [-0.2, 0) is 0 Å². The predicted molar refractivity (Wildman–Crippen MR) is 78.9 cm³/mol. The highest BCUT2D eigenvalue weighted by molar-refractivity contribution is 9.10. The van der Waals surface area contributed by atoms with Gasteiger partial charge in [0.15, 0.2) is 5.16 Å². The predicted octanol–water partition coefficient (Wildman–Crippen LogP) is 3.90. The maximum Gasteiger partial charge on any atom is 0.192 e. The molecule has 0 aliphatic heterocycles. The average Bonchev–Trinajstić information content (AvgIpc) is 2.29. The van der Waals surface area contributed by atoms with Gasteiger partial charge in [0.25, 0.3) is 0 Å². The quantitative estimate of drug-likeness (QED) is 0.672. The Morgan fingerprint density at radius 1 is 1.11 bits per heavy atom. The number of anilines is 1. The largest absolute Gasteiger partial charge is 0.398 e. The minimum Gasteiger partial charge on any atom is -0.398 e. The van der Waals surface area contributed by atoms with E-state index in [9.17, 15) is 0 Å². The van der Waals surface area contributed by atoms with Crippen molar-refractivity contribution in [2.45, 2.75) is 30.8 Å². The van der Waals surface area contributed by atoms with Gasteiger partial charge < -0.3 is 5.73 Å². The zero-order valence-electron chi connectivity index (χ0n) is 10.5. The van der Waals surface area contributed by atoms with Gasteiger partial charge in [-0.25, -0.2) is 9.97 Å². The molecule has 2 aromatic rings. The van der Waals surface area contributed by atoms with Gasteiger partial charge in [-0.1, -0.05) is 15.9 Å². The van der Waals surface area contributed by atoms with Gasteiger partial charge in [0.05, 0.1) is 0 Å². The summed E-state index contributed by atoms with van der Waals surface area (Å²) in [6.07, 6.45) is 0. The van der Waals surface area contributed by atoms with Crippen LogP contribution < -0.4 is 5.73 Å². The monoisotopic (exact) mass is 323 g/mol. The fraction of sp³-hybridized carbons (Fsp3) is 0.231. The number of aryl methyl sites for hydroxylation is 2. The SMILES string of the molecule is Cc1nc(Sc2ccc(Br)cc2N)nc(C)c1C. The average molecular weight is 324 g/mol. The Hall–Kier alpha value is -1.07. The molecule has 3 nitrogen and oxygen atoms in total. The van der Waals surface area contributed by atoms with Crippen molar-refractivity contribution < 1.29 is 0 Å². The van der Waals surface area contributed by atoms with E-state index >= 15 is 0 Å². The Morgan fingerprint density at radius 3 is 2.28 bits per heavy atom. The van der Waals surface area contributed by atoms with Crippen LogP contribution in [0.3, 0.4) is 0 Å². The standard InChI is InChI=1S/C13H14BrN3S/c1-7-8(2)16-13(17-9(7)3)18-12-5-4-10(14)6-11(12)15/h4-6H,15H2,1-3H3. The summed E-state index contributed by atoms with van der Waals surface area (Å²) in [5.74, 6) is 0. The topological polar surface area (TPSA) is 51.8 Å². The van der Waals surface area contributed by atoms with E-state index in [-0.39, 0.29) is 0 Å². The van der Waals surface area contributed by atoms with E-state index in [0.717, 1.165) is 37.2 Å². The molecule has 1 aromatic carbocycles. The normalized spacial score (nSPS) is 10.7. The molecule has 0 aliphatic carbocycles. The molecule has 0 bridgehead atoms. The van der Waals surface area contributed by atoms with Gasteiger partial charge >= 0.3 is 0 Å². The lowest BCUT2D eigenvalue weighted by molar-refractivity contribution is 0.881. The maximum absolute atomic E-state index is 5.97. The third kappa shape index (κ3) is 2.84. The van der Waals surface area contributed by atoms with Crippen LogP contribution in [0.1, 0.15) is 17.0 Å². The Balaban J connectivity index is 2.34. The lowest BCUT2D eigenvalue weighted by Crippen LogP contribution is -1.98. The third-order valence-electron chi connectivity index (χ3n) is 2.79. The van der Waals surface area contributed by atoms with E-state index in [1.54, 1.807) is 0 Å². The van der Waals surface area contributed by atoms with Crippen molar-refractivity contribution in [2.24, 2.45) is 0 Å². The van der Waals surface area contributed by atoms with Crippen molar-refractivity contribution in [1.82, 2.24) is 9.97 Å². The fourth-order valence-electron chi connectivity index (χ4n) is 1.50. The minimum atomic E-state index is 0.730. The van der Waals surface area contributed by atoms with E-state index in [4.69, 9.17) is 5.73 Å². The van der Waals surface area contributed by atoms with Crippen molar-refractivity contribution in [3.05, 3.63) is 39.6 Å². The summed E-state index contributed by atoms with van der Waals surface area (Å²) in [4.78, 5) is 9.93.